The average molecular weight is 785 g/mol. The Kier molecular flexibility index (Phi) is 37.4. The van der Waals surface area contributed by atoms with Crippen molar-refractivity contribution in [2.24, 2.45) is 5.92 Å². The summed E-state index contributed by atoms with van der Waals surface area (Å²) in [6.07, 6.45) is 36.4. The van der Waals surface area contributed by atoms with Gasteiger partial charge in [-0.05, 0) is 84.8 Å². The molecule has 0 rings (SSSR count). The standard InChI is InChI=1S/C48H94F2N2O3/c1-7-10-13-16-18-19-21-28-36-45(52(46(53)38-33-41-51(5)6)42-32-25-24-31-40-48(4,49)50)37-29-22-23-30-39-47(54)55-43-44(34-26-15-12-9-3)35-27-20-17-14-11-8-2/h44-45H,7-43H2,1-6H3. The van der Waals surface area contributed by atoms with Gasteiger partial charge in [0.15, 0.2) is 0 Å². The molecule has 0 saturated carbocycles. The van der Waals surface area contributed by atoms with Gasteiger partial charge in [0.25, 0.3) is 0 Å². The van der Waals surface area contributed by atoms with Crippen LogP contribution in [0.25, 0.3) is 0 Å². The smallest absolute Gasteiger partial charge is 0.305 e. The zero-order chi connectivity index (χ0) is 40.8. The summed E-state index contributed by atoms with van der Waals surface area (Å²) in [5, 5.41) is 0. The molecule has 0 saturated heterocycles. The Morgan fingerprint density at radius 1 is 0.527 bits per heavy atom. The van der Waals surface area contributed by atoms with E-state index in [0.29, 0.717) is 31.8 Å². The molecule has 0 heterocycles. The number of ether oxygens (including phenoxy) is 1. The Labute approximate surface area is 341 Å². The third-order valence-corrected chi connectivity index (χ3v) is 11.5. The van der Waals surface area contributed by atoms with Gasteiger partial charge in [-0.15, -0.1) is 0 Å². The fourth-order valence-corrected chi connectivity index (χ4v) is 7.91. The van der Waals surface area contributed by atoms with Gasteiger partial charge in [-0.25, -0.2) is 8.78 Å². The van der Waals surface area contributed by atoms with Crippen LogP contribution in [0.2, 0.25) is 0 Å². The van der Waals surface area contributed by atoms with E-state index in [1.807, 2.05) is 0 Å². The molecule has 0 aliphatic heterocycles. The van der Waals surface area contributed by atoms with Crippen LogP contribution in [0, 0.1) is 5.92 Å². The Bertz CT molecular complexity index is 850. The number of nitrogens with zero attached hydrogens (tertiary/aromatic N) is 2. The van der Waals surface area contributed by atoms with Gasteiger partial charge in [-0.3, -0.25) is 9.59 Å². The fraction of sp³-hybridized carbons (Fsp3) is 0.958. The summed E-state index contributed by atoms with van der Waals surface area (Å²) in [5.41, 5.74) is 0. The number of hydrogen-bond acceptors (Lipinski definition) is 4. The first-order valence-electron chi connectivity index (χ1n) is 24.0. The van der Waals surface area contributed by atoms with E-state index < -0.39 is 5.92 Å². The van der Waals surface area contributed by atoms with Crippen molar-refractivity contribution in [1.29, 1.82) is 0 Å². The van der Waals surface area contributed by atoms with Crippen LogP contribution in [0.1, 0.15) is 246 Å². The van der Waals surface area contributed by atoms with Gasteiger partial charge in [0.1, 0.15) is 0 Å². The zero-order valence-corrected chi connectivity index (χ0v) is 37.7. The minimum atomic E-state index is -2.60. The third-order valence-electron chi connectivity index (χ3n) is 11.5. The van der Waals surface area contributed by atoms with Gasteiger partial charge in [0, 0.05) is 31.8 Å². The number of rotatable bonds is 42. The molecule has 0 aliphatic carbocycles. The summed E-state index contributed by atoms with van der Waals surface area (Å²) in [5.74, 6) is -1.88. The molecule has 7 heteroatoms. The number of unbranched alkanes of at least 4 members (excludes halogenated alkanes) is 21. The van der Waals surface area contributed by atoms with Crippen molar-refractivity contribution in [3.8, 4) is 0 Å². The first-order chi connectivity index (χ1) is 26.5. The lowest BCUT2D eigenvalue weighted by atomic mass is 9.95. The number of amides is 1. The second-order valence-corrected chi connectivity index (χ2v) is 17.6. The molecule has 2 atom stereocenters. The Balaban J connectivity index is 5.06. The molecule has 0 N–H and O–H groups in total. The Morgan fingerprint density at radius 2 is 0.964 bits per heavy atom. The van der Waals surface area contributed by atoms with Crippen molar-refractivity contribution < 1.29 is 23.1 Å². The van der Waals surface area contributed by atoms with Crippen LogP contribution in [0.4, 0.5) is 8.78 Å². The molecule has 0 bridgehead atoms. The van der Waals surface area contributed by atoms with Crippen molar-refractivity contribution in [3.05, 3.63) is 0 Å². The van der Waals surface area contributed by atoms with Gasteiger partial charge in [-0.2, -0.15) is 0 Å². The maximum absolute atomic E-state index is 13.7. The van der Waals surface area contributed by atoms with E-state index in [9.17, 15) is 18.4 Å². The topological polar surface area (TPSA) is 49.9 Å². The second kappa shape index (κ2) is 38.3. The van der Waals surface area contributed by atoms with E-state index in [1.165, 1.54) is 122 Å². The summed E-state index contributed by atoms with van der Waals surface area (Å²) in [7, 11) is 4.10. The summed E-state index contributed by atoms with van der Waals surface area (Å²) >= 11 is 0. The van der Waals surface area contributed by atoms with Crippen LogP contribution >= 0.6 is 0 Å². The lowest BCUT2D eigenvalue weighted by Crippen LogP contribution is -2.41. The molecule has 0 aromatic heterocycles. The van der Waals surface area contributed by atoms with Crippen molar-refractivity contribution in [1.82, 2.24) is 9.80 Å². The van der Waals surface area contributed by atoms with Crippen LogP contribution in [-0.2, 0) is 14.3 Å². The molecule has 55 heavy (non-hydrogen) atoms. The molecule has 0 radical (unpaired) electrons. The third kappa shape index (κ3) is 36.8. The van der Waals surface area contributed by atoms with E-state index in [4.69, 9.17) is 4.74 Å². The highest BCUT2D eigenvalue weighted by Crippen LogP contribution is 2.24. The highest BCUT2D eigenvalue weighted by Gasteiger charge is 2.23. The first-order valence-corrected chi connectivity index (χ1v) is 24.0. The van der Waals surface area contributed by atoms with Gasteiger partial charge in [0.2, 0.25) is 11.8 Å². The van der Waals surface area contributed by atoms with E-state index >= 15 is 0 Å². The molecule has 328 valence electrons. The van der Waals surface area contributed by atoms with E-state index in [1.54, 1.807) is 0 Å². The molecule has 0 fully saturated rings. The van der Waals surface area contributed by atoms with E-state index in [-0.39, 0.29) is 24.3 Å². The van der Waals surface area contributed by atoms with Gasteiger partial charge < -0.3 is 14.5 Å². The van der Waals surface area contributed by atoms with E-state index in [0.717, 1.165) is 90.6 Å². The summed E-state index contributed by atoms with van der Waals surface area (Å²) < 4.78 is 32.6. The second-order valence-electron chi connectivity index (χ2n) is 17.6. The van der Waals surface area contributed by atoms with Crippen LogP contribution in [0.15, 0.2) is 0 Å². The summed E-state index contributed by atoms with van der Waals surface area (Å²) in [6.45, 7) is 10.00. The van der Waals surface area contributed by atoms with Gasteiger partial charge in [0.05, 0.1) is 6.61 Å². The first kappa shape index (κ1) is 53.8. The number of carbonyl (C=O) groups excluding carboxylic acids is 2. The predicted octanol–water partition coefficient (Wildman–Crippen LogP) is 14.9. The monoisotopic (exact) mass is 785 g/mol. The number of hydrogen-bond donors (Lipinski definition) is 0. The Hall–Kier alpha value is -1.24. The van der Waals surface area contributed by atoms with E-state index in [2.05, 4.69) is 44.7 Å². The molecule has 5 nitrogen and oxygen atoms in total. The molecular weight excluding hydrogens is 691 g/mol. The zero-order valence-electron chi connectivity index (χ0n) is 37.7. The number of alkyl halides is 2. The van der Waals surface area contributed by atoms with Gasteiger partial charge >= 0.3 is 5.97 Å². The molecule has 0 aromatic carbocycles. The summed E-state index contributed by atoms with van der Waals surface area (Å²) in [4.78, 5) is 30.8. The average Bonchev–Trinajstić information content (AvgIpc) is 3.14. The lowest BCUT2D eigenvalue weighted by Gasteiger charge is -2.33. The summed E-state index contributed by atoms with van der Waals surface area (Å²) in [6, 6.07) is 0.234. The molecule has 0 aliphatic rings. The number of carbonyl (C=O) groups is 2. The maximum Gasteiger partial charge on any atom is 0.305 e. The lowest BCUT2D eigenvalue weighted by molar-refractivity contribution is -0.145. The molecule has 0 aromatic rings. The minimum absolute atomic E-state index is 0.0359. The number of halogens is 2. The van der Waals surface area contributed by atoms with Crippen molar-refractivity contribution >= 4 is 11.9 Å². The fourth-order valence-electron chi connectivity index (χ4n) is 7.91. The molecule has 0 spiro atoms. The van der Waals surface area contributed by atoms with Crippen LogP contribution < -0.4 is 0 Å². The highest BCUT2D eigenvalue weighted by molar-refractivity contribution is 5.76. The predicted molar refractivity (Wildman–Crippen MR) is 233 cm³/mol. The maximum atomic E-state index is 13.7. The normalized spacial score (nSPS) is 13.0. The highest BCUT2D eigenvalue weighted by atomic mass is 19.3. The molecule has 1 amide bonds. The van der Waals surface area contributed by atoms with Crippen molar-refractivity contribution in [2.45, 2.75) is 258 Å². The minimum Gasteiger partial charge on any atom is -0.465 e. The van der Waals surface area contributed by atoms with Crippen molar-refractivity contribution in [3.63, 3.8) is 0 Å². The van der Waals surface area contributed by atoms with Crippen LogP contribution in [-0.4, -0.2) is 67.4 Å². The van der Waals surface area contributed by atoms with Crippen molar-refractivity contribution in [2.75, 3.05) is 33.8 Å². The molecule has 2 unspecified atom stereocenters. The van der Waals surface area contributed by atoms with Crippen LogP contribution in [0.5, 0.6) is 0 Å². The van der Waals surface area contributed by atoms with Crippen LogP contribution in [0.3, 0.4) is 0 Å². The van der Waals surface area contributed by atoms with Gasteiger partial charge in [-0.1, -0.05) is 168 Å². The largest absolute Gasteiger partial charge is 0.465 e. The number of esters is 1. The quantitative estimate of drug-likeness (QED) is 0.0457. The SMILES string of the molecule is CCCCCCCCCCC(CCCCCCC(=O)OCC(CCCCCC)CCCCCCCC)N(CCCCCCC(C)(F)F)C(=O)CCCN(C)C. The molecular formula is C48H94F2N2O3. The Morgan fingerprint density at radius 3 is 1.47 bits per heavy atom.